The van der Waals surface area contributed by atoms with E-state index >= 15 is 0 Å². The number of non-ortho nitro benzene ring substituents is 1. The summed E-state index contributed by atoms with van der Waals surface area (Å²) >= 11 is 0. The van der Waals surface area contributed by atoms with Crippen molar-refractivity contribution >= 4 is 11.8 Å². The maximum Gasteiger partial charge on any atom is 0.415 e. The van der Waals surface area contributed by atoms with E-state index in [0.29, 0.717) is 31.4 Å². The molecule has 1 saturated heterocycles. The number of hydrogen-bond donors (Lipinski definition) is 1. The highest BCUT2D eigenvalue weighted by atomic mass is 16.6. The number of carbonyl (C=O) groups is 1. The van der Waals surface area contributed by atoms with E-state index in [1.54, 1.807) is 17.3 Å². The predicted octanol–water partition coefficient (Wildman–Crippen LogP) is 4.06. The minimum absolute atomic E-state index is 0.0441. The molecule has 4 rings (SSSR count). The second kappa shape index (κ2) is 9.90. The molecule has 0 radical (unpaired) electrons. The first-order valence-corrected chi connectivity index (χ1v) is 10.4. The summed E-state index contributed by atoms with van der Waals surface area (Å²) < 4.78 is 11.1. The predicted molar refractivity (Wildman–Crippen MR) is 115 cm³/mol. The smallest absolute Gasteiger partial charge is 0.415 e. The molecule has 1 amide bonds. The number of nitro groups is 1. The summed E-state index contributed by atoms with van der Waals surface area (Å²) in [5.74, 6) is 1.48. The van der Waals surface area contributed by atoms with Gasteiger partial charge in [0, 0.05) is 31.4 Å². The number of benzene rings is 1. The van der Waals surface area contributed by atoms with Gasteiger partial charge >= 0.3 is 6.09 Å². The van der Waals surface area contributed by atoms with Crippen molar-refractivity contribution in [3.63, 3.8) is 0 Å². The van der Waals surface area contributed by atoms with Crippen molar-refractivity contribution in [2.24, 2.45) is 5.92 Å². The van der Waals surface area contributed by atoms with Gasteiger partial charge in [0.1, 0.15) is 11.5 Å². The van der Waals surface area contributed by atoms with Crippen LogP contribution in [-0.4, -0.2) is 50.8 Å². The summed E-state index contributed by atoms with van der Waals surface area (Å²) in [6, 6.07) is 11.1. The Hall–Kier alpha value is -3.95. The first-order chi connectivity index (χ1) is 15.6. The molecule has 10 nitrogen and oxygen atoms in total. The van der Waals surface area contributed by atoms with Gasteiger partial charge in [-0.05, 0) is 55.5 Å². The van der Waals surface area contributed by atoms with Crippen LogP contribution in [0.25, 0.3) is 11.4 Å². The van der Waals surface area contributed by atoms with Gasteiger partial charge in [0.05, 0.1) is 29.1 Å². The summed E-state index contributed by atoms with van der Waals surface area (Å²) in [7, 11) is 0. The van der Waals surface area contributed by atoms with Crippen LogP contribution in [0.4, 0.5) is 10.5 Å². The van der Waals surface area contributed by atoms with Gasteiger partial charge in [-0.1, -0.05) is 0 Å². The molecule has 0 saturated carbocycles. The summed E-state index contributed by atoms with van der Waals surface area (Å²) in [5.41, 5.74) is 1.62. The van der Waals surface area contributed by atoms with Gasteiger partial charge in [0.2, 0.25) is 0 Å². The first-order valence-electron chi connectivity index (χ1n) is 10.4. The van der Waals surface area contributed by atoms with Crippen molar-refractivity contribution in [3.8, 4) is 22.9 Å². The van der Waals surface area contributed by atoms with Gasteiger partial charge in [0.25, 0.3) is 5.69 Å². The van der Waals surface area contributed by atoms with Gasteiger partial charge < -0.3 is 14.4 Å². The number of likely N-dealkylation sites (tertiary alicyclic amines) is 1. The minimum Gasteiger partial charge on any atom is -0.492 e. The number of amides is 1. The molecule has 2 aromatic heterocycles. The lowest BCUT2D eigenvalue weighted by atomic mass is 9.94. The van der Waals surface area contributed by atoms with Gasteiger partial charge in [-0.25, -0.2) is 4.79 Å². The number of carbonyl (C=O) groups excluding carboxylic acids is 1. The maximum atomic E-state index is 12.3. The number of aromatic nitrogens is 3. The molecule has 1 aliphatic heterocycles. The monoisotopic (exact) mass is 437 g/mol. The fraction of sp³-hybridized carbons (Fsp3) is 0.318. The van der Waals surface area contributed by atoms with E-state index in [0.717, 1.165) is 36.4 Å². The topological polar surface area (TPSA) is 123 Å². The second-order valence-electron chi connectivity index (χ2n) is 7.54. The Morgan fingerprint density at radius 1 is 1.12 bits per heavy atom. The number of H-pyrrole nitrogens is 1. The van der Waals surface area contributed by atoms with Crippen LogP contribution in [0.2, 0.25) is 0 Å². The van der Waals surface area contributed by atoms with Gasteiger partial charge in [-0.2, -0.15) is 5.10 Å². The number of hydrogen-bond acceptors (Lipinski definition) is 7. The molecular weight excluding hydrogens is 414 g/mol. The van der Waals surface area contributed by atoms with Crippen molar-refractivity contribution in [3.05, 3.63) is 65.0 Å². The molecule has 1 aromatic carbocycles. The molecule has 32 heavy (non-hydrogen) atoms. The number of aromatic amines is 1. The molecule has 10 heteroatoms. The molecular formula is C22H23N5O5. The van der Waals surface area contributed by atoms with Crippen LogP contribution in [0.5, 0.6) is 11.5 Å². The molecule has 3 aromatic rings. The van der Waals surface area contributed by atoms with E-state index in [9.17, 15) is 14.9 Å². The highest BCUT2D eigenvalue weighted by Crippen LogP contribution is 2.24. The zero-order chi connectivity index (χ0) is 22.3. The average Bonchev–Trinajstić information content (AvgIpc) is 3.35. The van der Waals surface area contributed by atoms with Crippen LogP contribution in [-0.2, 0) is 0 Å². The highest BCUT2D eigenvalue weighted by Gasteiger charge is 2.24. The largest absolute Gasteiger partial charge is 0.492 e. The minimum atomic E-state index is -0.493. The maximum absolute atomic E-state index is 12.3. The Morgan fingerprint density at radius 2 is 1.88 bits per heavy atom. The van der Waals surface area contributed by atoms with Crippen LogP contribution in [0.15, 0.2) is 54.9 Å². The Kier molecular flexibility index (Phi) is 6.59. The Balaban J connectivity index is 1.17. The normalized spacial score (nSPS) is 14.2. The molecule has 1 fully saturated rings. The molecule has 0 spiro atoms. The van der Waals surface area contributed by atoms with Crippen LogP contribution in [0.1, 0.15) is 19.3 Å². The summed E-state index contributed by atoms with van der Waals surface area (Å²) in [6.45, 7) is 1.80. The fourth-order valence-corrected chi connectivity index (χ4v) is 3.57. The second-order valence-corrected chi connectivity index (χ2v) is 7.54. The lowest BCUT2D eigenvalue weighted by Gasteiger charge is -2.31. The van der Waals surface area contributed by atoms with Crippen LogP contribution >= 0.6 is 0 Å². The van der Waals surface area contributed by atoms with Crippen molar-refractivity contribution < 1.29 is 19.2 Å². The zero-order valence-corrected chi connectivity index (χ0v) is 17.3. The van der Waals surface area contributed by atoms with E-state index in [4.69, 9.17) is 9.47 Å². The standard InChI is InChI=1S/C22H23N5O5/c28-22(32-18-3-1-17(2-4-18)27(29)30)26-12-8-16(9-13-26)10-14-31-19-5-6-20(23-15-19)21-7-11-24-25-21/h1-7,11,15-16H,8-10,12-14H2,(H,24,25). The Bertz CT molecular complexity index is 1030. The SMILES string of the molecule is O=C(Oc1ccc([N+](=O)[O-])cc1)N1CCC(CCOc2ccc(-c3ccn[nH]3)nc2)CC1. The van der Waals surface area contributed by atoms with Crippen molar-refractivity contribution in [1.29, 1.82) is 0 Å². The van der Waals surface area contributed by atoms with Crippen molar-refractivity contribution in [1.82, 2.24) is 20.1 Å². The van der Waals surface area contributed by atoms with E-state index in [1.165, 1.54) is 24.3 Å². The summed E-state index contributed by atoms with van der Waals surface area (Å²) in [4.78, 5) is 28.6. The number of nitrogens with zero attached hydrogens (tertiary/aromatic N) is 4. The Morgan fingerprint density at radius 3 is 2.50 bits per heavy atom. The van der Waals surface area contributed by atoms with E-state index in [2.05, 4.69) is 15.2 Å². The number of pyridine rings is 1. The lowest BCUT2D eigenvalue weighted by Crippen LogP contribution is -2.40. The number of piperidine rings is 1. The highest BCUT2D eigenvalue weighted by molar-refractivity contribution is 5.70. The number of nitrogens with one attached hydrogen (secondary N) is 1. The molecule has 1 aliphatic rings. The molecule has 0 aliphatic carbocycles. The van der Waals surface area contributed by atoms with Crippen LogP contribution in [0.3, 0.4) is 0 Å². The fourth-order valence-electron chi connectivity index (χ4n) is 3.57. The third-order valence-electron chi connectivity index (χ3n) is 5.43. The zero-order valence-electron chi connectivity index (χ0n) is 17.3. The average molecular weight is 437 g/mol. The lowest BCUT2D eigenvalue weighted by molar-refractivity contribution is -0.384. The van der Waals surface area contributed by atoms with Crippen LogP contribution < -0.4 is 9.47 Å². The molecule has 1 N–H and O–H groups in total. The van der Waals surface area contributed by atoms with Crippen LogP contribution in [0, 0.1) is 16.0 Å². The quantitative estimate of drug-likeness (QED) is 0.437. The summed E-state index contributed by atoms with van der Waals surface area (Å²) in [6.07, 6.45) is 5.59. The number of nitro benzene ring substituents is 1. The van der Waals surface area contributed by atoms with E-state index in [-0.39, 0.29) is 5.69 Å². The molecule has 0 bridgehead atoms. The first kappa shape index (κ1) is 21.3. The molecule has 166 valence electrons. The van der Waals surface area contributed by atoms with Gasteiger partial charge in [0.15, 0.2) is 0 Å². The van der Waals surface area contributed by atoms with E-state index < -0.39 is 11.0 Å². The Labute approximate surface area is 184 Å². The molecule has 0 atom stereocenters. The third kappa shape index (κ3) is 5.39. The number of rotatable bonds is 7. The van der Waals surface area contributed by atoms with Gasteiger partial charge in [-0.3, -0.25) is 20.2 Å². The molecule has 3 heterocycles. The molecule has 0 unspecified atom stereocenters. The van der Waals surface area contributed by atoms with Crippen molar-refractivity contribution in [2.45, 2.75) is 19.3 Å². The number of ether oxygens (including phenoxy) is 2. The van der Waals surface area contributed by atoms with Crippen molar-refractivity contribution in [2.75, 3.05) is 19.7 Å². The van der Waals surface area contributed by atoms with Gasteiger partial charge in [-0.15, -0.1) is 0 Å². The van der Waals surface area contributed by atoms with E-state index in [1.807, 2.05) is 18.2 Å². The third-order valence-corrected chi connectivity index (χ3v) is 5.43. The summed E-state index contributed by atoms with van der Waals surface area (Å²) in [5, 5.41) is 17.5.